The smallest absolute Gasteiger partial charge is 0.343 e. The molecule has 3 aromatic carbocycles. The third-order valence-electron chi connectivity index (χ3n) is 3.54. The highest BCUT2D eigenvalue weighted by molar-refractivity contribution is 5.92. The van der Waals surface area contributed by atoms with Crippen molar-refractivity contribution in [3.8, 4) is 11.5 Å². The zero-order chi connectivity index (χ0) is 17.6. The van der Waals surface area contributed by atoms with Gasteiger partial charge in [0.05, 0.1) is 11.1 Å². The van der Waals surface area contributed by atoms with Gasteiger partial charge in [0.15, 0.2) is 0 Å². The average Bonchev–Trinajstić information content (AvgIpc) is 2.63. The van der Waals surface area contributed by atoms with Gasteiger partial charge in [0.25, 0.3) is 0 Å². The Balaban J connectivity index is 1.64. The number of rotatable bonds is 4. The maximum absolute atomic E-state index is 12.1. The molecule has 3 aromatic rings. The maximum Gasteiger partial charge on any atom is 0.343 e. The standard InChI is InChI=1S/C21H16O4/c1-15-7-9-16(10-8-15)20(22)25-19-13-11-17(12-14-19)21(23)24-18-5-3-2-4-6-18/h2-14H,1H3. The molecule has 0 spiro atoms. The summed E-state index contributed by atoms with van der Waals surface area (Å²) >= 11 is 0. The predicted molar refractivity (Wildman–Crippen MR) is 94.0 cm³/mol. The highest BCUT2D eigenvalue weighted by Crippen LogP contribution is 2.17. The number of esters is 2. The van der Waals surface area contributed by atoms with E-state index in [0.29, 0.717) is 22.6 Å². The molecular weight excluding hydrogens is 316 g/mol. The van der Waals surface area contributed by atoms with E-state index in [-0.39, 0.29) is 0 Å². The van der Waals surface area contributed by atoms with Crippen LogP contribution in [0, 0.1) is 6.92 Å². The van der Waals surface area contributed by atoms with Crippen molar-refractivity contribution < 1.29 is 19.1 Å². The lowest BCUT2D eigenvalue weighted by Gasteiger charge is -2.06. The number of aryl methyl sites for hydroxylation is 1. The number of para-hydroxylation sites is 1. The molecule has 0 aliphatic rings. The van der Waals surface area contributed by atoms with E-state index < -0.39 is 11.9 Å². The van der Waals surface area contributed by atoms with E-state index in [1.54, 1.807) is 60.7 Å². The van der Waals surface area contributed by atoms with E-state index in [2.05, 4.69) is 0 Å². The first-order chi connectivity index (χ1) is 12.1. The highest BCUT2D eigenvalue weighted by atomic mass is 16.5. The number of carbonyl (C=O) groups is 2. The van der Waals surface area contributed by atoms with Gasteiger partial charge in [-0.1, -0.05) is 35.9 Å². The summed E-state index contributed by atoms with van der Waals surface area (Å²) in [4.78, 5) is 24.1. The predicted octanol–water partition coefficient (Wildman–Crippen LogP) is 4.43. The first kappa shape index (κ1) is 16.5. The number of hydrogen-bond acceptors (Lipinski definition) is 4. The van der Waals surface area contributed by atoms with Gasteiger partial charge in [0.1, 0.15) is 11.5 Å². The van der Waals surface area contributed by atoms with Gasteiger partial charge in [-0.2, -0.15) is 0 Å². The van der Waals surface area contributed by atoms with Crippen molar-refractivity contribution in [1.29, 1.82) is 0 Å². The summed E-state index contributed by atoms with van der Waals surface area (Å²) in [5, 5.41) is 0. The van der Waals surface area contributed by atoms with Gasteiger partial charge in [0.2, 0.25) is 0 Å². The quantitative estimate of drug-likeness (QED) is 0.524. The van der Waals surface area contributed by atoms with Gasteiger partial charge in [-0.25, -0.2) is 9.59 Å². The highest BCUT2D eigenvalue weighted by Gasteiger charge is 2.11. The fraction of sp³-hybridized carbons (Fsp3) is 0.0476. The van der Waals surface area contributed by atoms with E-state index in [1.165, 1.54) is 0 Å². The molecule has 0 radical (unpaired) electrons. The minimum Gasteiger partial charge on any atom is -0.423 e. The molecular formula is C21H16O4. The topological polar surface area (TPSA) is 52.6 Å². The fourth-order valence-corrected chi connectivity index (χ4v) is 2.17. The Labute approximate surface area is 145 Å². The second kappa shape index (κ2) is 7.45. The normalized spacial score (nSPS) is 10.1. The van der Waals surface area contributed by atoms with Gasteiger partial charge >= 0.3 is 11.9 Å². The molecule has 0 saturated heterocycles. The SMILES string of the molecule is Cc1ccc(C(=O)Oc2ccc(C(=O)Oc3ccccc3)cc2)cc1. The Morgan fingerprint density at radius 2 is 1.04 bits per heavy atom. The molecule has 4 heteroatoms. The van der Waals surface area contributed by atoms with Crippen LogP contribution in [0.5, 0.6) is 11.5 Å². The van der Waals surface area contributed by atoms with Crippen molar-refractivity contribution in [3.63, 3.8) is 0 Å². The largest absolute Gasteiger partial charge is 0.423 e. The lowest BCUT2D eigenvalue weighted by atomic mass is 10.1. The van der Waals surface area contributed by atoms with E-state index >= 15 is 0 Å². The number of benzene rings is 3. The molecule has 0 bridgehead atoms. The molecule has 0 N–H and O–H groups in total. The maximum atomic E-state index is 12.1. The minimum atomic E-state index is -0.470. The Morgan fingerprint density at radius 1 is 0.600 bits per heavy atom. The summed E-state index contributed by atoms with van der Waals surface area (Å²) in [6.07, 6.45) is 0. The molecule has 124 valence electrons. The van der Waals surface area contributed by atoms with Crippen molar-refractivity contribution >= 4 is 11.9 Å². The van der Waals surface area contributed by atoms with Crippen LogP contribution in [-0.2, 0) is 0 Å². The molecule has 0 fully saturated rings. The summed E-state index contributed by atoms with van der Waals surface area (Å²) in [5.74, 6) is -0.0774. The van der Waals surface area contributed by atoms with Gasteiger partial charge in [0, 0.05) is 0 Å². The zero-order valence-electron chi connectivity index (χ0n) is 13.6. The molecule has 25 heavy (non-hydrogen) atoms. The second-order valence-electron chi connectivity index (χ2n) is 5.48. The van der Waals surface area contributed by atoms with Crippen LogP contribution in [0.1, 0.15) is 26.3 Å². The van der Waals surface area contributed by atoms with Crippen molar-refractivity contribution in [2.45, 2.75) is 6.92 Å². The number of ether oxygens (including phenoxy) is 2. The third kappa shape index (κ3) is 4.32. The van der Waals surface area contributed by atoms with Crippen LogP contribution >= 0.6 is 0 Å². The molecule has 0 unspecified atom stereocenters. The van der Waals surface area contributed by atoms with Crippen LogP contribution in [0.2, 0.25) is 0 Å². The number of hydrogen-bond donors (Lipinski definition) is 0. The summed E-state index contributed by atoms with van der Waals surface area (Å²) < 4.78 is 10.6. The van der Waals surface area contributed by atoms with E-state index in [9.17, 15) is 9.59 Å². The van der Waals surface area contributed by atoms with E-state index in [4.69, 9.17) is 9.47 Å². The van der Waals surface area contributed by atoms with Crippen LogP contribution in [-0.4, -0.2) is 11.9 Å². The lowest BCUT2D eigenvalue weighted by molar-refractivity contribution is 0.0730. The molecule has 0 aromatic heterocycles. The zero-order valence-corrected chi connectivity index (χ0v) is 13.6. The molecule has 0 aliphatic heterocycles. The van der Waals surface area contributed by atoms with E-state index in [0.717, 1.165) is 5.56 Å². The average molecular weight is 332 g/mol. The van der Waals surface area contributed by atoms with Crippen LogP contribution in [0.3, 0.4) is 0 Å². The Bertz CT molecular complexity index is 866. The molecule has 0 aliphatic carbocycles. The van der Waals surface area contributed by atoms with Crippen LogP contribution in [0.4, 0.5) is 0 Å². The molecule has 0 atom stereocenters. The van der Waals surface area contributed by atoms with Gasteiger partial charge < -0.3 is 9.47 Å². The fourth-order valence-electron chi connectivity index (χ4n) is 2.17. The molecule has 3 rings (SSSR count). The Morgan fingerprint density at radius 3 is 1.56 bits per heavy atom. The van der Waals surface area contributed by atoms with Crippen molar-refractivity contribution in [3.05, 3.63) is 95.6 Å². The first-order valence-corrected chi connectivity index (χ1v) is 7.78. The molecule has 0 amide bonds. The summed E-state index contributed by atoms with van der Waals surface area (Å²) in [5.41, 5.74) is 1.91. The molecule has 0 saturated carbocycles. The Kier molecular flexibility index (Phi) is 4.90. The second-order valence-corrected chi connectivity index (χ2v) is 5.48. The minimum absolute atomic E-state index is 0.363. The van der Waals surface area contributed by atoms with Crippen molar-refractivity contribution in [1.82, 2.24) is 0 Å². The summed E-state index contributed by atoms with van der Waals surface area (Å²) in [6.45, 7) is 1.95. The van der Waals surface area contributed by atoms with Crippen LogP contribution in [0.15, 0.2) is 78.9 Å². The van der Waals surface area contributed by atoms with Gasteiger partial charge in [-0.15, -0.1) is 0 Å². The Hall–Kier alpha value is -3.40. The van der Waals surface area contributed by atoms with Crippen molar-refractivity contribution in [2.24, 2.45) is 0 Å². The monoisotopic (exact) mass is 332 g/mol. The molecule has 4 nitrogen and oxygen atoms in total. The lowest BCUT2D eigenvalue weighted by Crippen LogP contribution is -2.10. The molecule has 0 heterocycles. The van der Waals surface area contributed by atoms with Crippen LogP contribution in [0.25, 0.3) is 0 Å². The third-order valence-corrected chi connectivity index (χ3v) is 3.54. The first-order valence-electron chi connectivity index (χ1n) is 7.78. The summed E-state index contributed by atoms with van der Waals surface area (Å²) in [7, 11) is 0. The number of carbonyl (C=O) groups excluding carboxylic acids is 2. The van der Waals surface area contributed by atoms with E-state index in [1.807, 2.05) is 25.1 Å². The van der Waals surface area contributed by atoms with Gasteiger partial charge in [-0.3, -0.25) is 0 Å². The van der Waals surface area contributed by atoms with Gasteiger partial charge in [-0.05, 0) is 55.5 Å². The summed E-state index contributed by atoms with van der Waals surface area (Å²) in [6, 6.07) is 22.2. The van der Waals surface area contributed by atoms with Crippen molar-refractivity contribution in [2.75, 3.05) is 0 Å². The van der Waals surface area contributed by atoms with Crippen LogP contribution < -0.4 is 9.47 Å².